The molecule has 4 nitrogen and oxygen atoms in total. The fraction of sp³-hybridized carbons (Fsp3) is 0.833. The number of aliphatic hydroxyl groups is 1. The van der Waals surface area contributed by atoms with Crippen LogP contribution in [0.2, 0.25) is 0 Å². The summed E-state index contributed by atoms with van der Waals surface area (Å²) in [7, 11) is 0. The number of aliphatic hydroxyl groups excluding tert-OH is 1. The van der Waals surface area contributed by atoms with Crippen molar-refractivity contribution in [3.8, 4) is 0 Å². The van der Waals surface area contributed by atoms with Gasteiger partial charge >= 0.3 is 0 Å². The molecule has 66 valence electrons. The van der Waals surface area contributed by atoms with Crippen molar-refractivity contribution in [1.29, 1.82) is 0 Å². The Bertz CT molecular complexity index is 134. The Morgan fingerprint density at radius 2 is 2.09 bits per heavy atom. The van der Waals surface area contributed by atoms with Crippen molar-refractivity contribution in [1.82, 2.24) is 0 Å². The van der Waals surface area contributed by atoms with Crippen LogP contribution in [-0.2, 0) is 0 Å². The van der Waals surface area contributed by atoms with Crippen LogP contribution in [0.25, 0.3) is 0 Å². The van der Waals surface area contributed by atoms with Crippen LogP contribution in [0.4, 0.5) is 0 Å². The Hall–Kier alpha value is -0.420. The van der Waals surface area contributed by atoms with E-state index in [1.807, 2.05) is 6.92 Å². The molecule has 0 saturated carbocycles. The van der Waals surface area contributed by atoms with E-state index in [9.17, 15) is 0 Å². The van der Waals surface area contributed by atoms with Crippen LogP contribution in [0.3, 0.4) is 0 Å². The molecule has 11 heavy (non-hydrogen) atoms. The minimum Gasteiger partial charge on any atom is -0.393 e. The maximum Gasteiger partial charge on any atom is 0.187 e. The molecule has 0 aliphatic carbocycles. The van der Waals surface area contributed by atoms with Crippen molar-refractivity contribution in [2.24, 2.45) is 16.5 Å². The number of hydrogen-bond donors (Lipinski definition) is 3. The highest BCUT2D eigenvalue weighted by molar-refractivity contribution is 7.99. The molecule has 0 aromatic rings. The molecule has 0 saturated heterocycles. The second-order valence-electron chi connectivity index (χ2n) is 2.34. The number of hydrogen-bond acceptors (Lipinski definition) is 3. The van der Waals surface area contributed by atoms with Gasteiger partial charge in [0.2, 0.25) is 0 Å². The van der Waals surface area contributed by atoms with Crippen LogP contribution in [0.1, 0.15) is 13.8 Å². The lowest BCUT2D eigenvalue weighted by atomic mass is 10.5. The molecule has 0 spiro atoms. The smallest absolute Gasteiger partial charge is 0.187 e. The average Bonchev–Trinajstić information content (AvgIpc) is 1.82. The summed E-state index contributed by atoms with van der Waals surface area (Å²) in [5, 5.41) is 8.93. The van der Waals surface area contributed by atoms with Crippen molar-refractivity contribution in [3.05, 3.63) is 0 Å². The van der Waals surface area contributed by atoms with Gasteiger partial charge in [-0.2, -0.15) is 0 Å². The van der Waals surface area contributed by atoms with Gasteiger partial charge in [-0.3, -0.25) is 0 Å². The van der Waals surface area contributed by atoms with E-state index >= 15 is 0 Å². The number of rotatable bonds is 4. The van der Waals surface area contributed by atoms with E-state index in [2.05, 4.69) is 4.99 Å². The summed E-state index contributed by atoms with van der Waals surface area (Å²) in [5.41, 5.74) is 10.3. The highest BCUT2D eigenvalue weighted by atomic mass is 32.2. The van der Waals surface area contributed by atoms with Crippen LogP contribution in [0.15, 0.2) is 4.99 Å². The van der Waals surface area contributed by atoms with Crippen LogP contribution < -0.4 is 11.5 Å². The quantitative estimate of drug-likeness (QED) is 0.407. The molecule has 0 bridgehead atoms. The monoisotopic (exact) mass is 177 g/mol. The van der Waals surface area contributed by atoms with E-state index in [-0.39, 0.29) is 17.4 Å². The predicted molar refractivity (Wildman–Crippen MR) is 49.4 cm³/mol. The summed E-state index contributed by atoms with van der Waals surface area (Å²) in [6, 6.07) is 0. The molecule has 0 aromatic carbocycles. The highest BCUT2D eigenvalue weighted by Gasteiger charge is 2.02. The van der Waals surface area contributed by atoms with E-state index < -0.39 is 0 Å². The number of aliphatic imine (C=N–C) groups is 1. The summed E-state index contributed by atoms with van der Waals surface area (Å²) >= 11 is 1.52. The molecule has 0 radical (unpaired) electrons. The average molecular weight is 177 g/mol. The molecule has 0 rings (SSSR count). The Morgan fingerprint density at radius 3 is 2.45 bits per heavy atom. The molecular formula is C6H15N3OS. The van der Waals surface area contributed by atoms with Crippen LogP contribution in [-0.4, -0.2) is 28.3 Å². The van der Waals surface area contributed by atoms with Crippen LogP contribution in [0, 0.1) is 0 Å². The summed E-state index contributed by atoms with van der Waals surface area (Å²) < 4.78 is 0. The molecule has 5 heteroatoms. The minimum absolute atomic E-state index is 0.0228. The second kappa shape index (κ2) is 5.26. The Balaban J connectivity index is 3.53. The predicted octanol–water partition coefficient (Wildman–Crippen LogP) is -0.280. The molecule has 0 heterocycles. The van der Waals surface area contributed by atoms with Gasteiger partial charge in [-0.05, 0) is 13.8 Å². The third-order valence-corrected chi connectivity index (χ3v) is 2.17. The maximum absolute atomic E-state index is 8.90. The number of nitrogens with two attached hydrogens (primary N) is 2. The first-order valence-electron chi connectivity index (χ1n) is 3.40. The lowest BCUT2D eigenvalue weighted by Gasteiger charge is -2.07. The molecule has 0 aliphatic heterocycles. The third-order valence-electron chi connectivity index (χ3n) is 0.910. The zero-order valence-corrected chi connectivity index (χ0v) is 7.64. The Kier molecular flexibility index (Phi) is 5.06. The number of guanidine groups is 1. The molecular weight excluding hydrogens is 162 g/mol. The van der Waals surface area contributed by atoms with E-state index in [1.54, 1.807) is 6.92 Å². The van der Waals surface area contributed by atoms with Crippen molar-refractivity contribution in [3.63, 3.8) is 0 Å². The largest absolute Gasteiger partial charge is 0.393 e. The fourth-order valence-electron chi connectivity index (χ4n) is 0.526. The van der Waals surface area contributed by atoms with E-state index in [1.165, 1.54) is 11.8 Å². The van der Waals surface area contributed by atoms with Gasteiger partial charge in [0.15, 0.2) is 5.96 Å². The molecule has 5 N–H and O–H groups in total. The summed E-state index contributed by atoms with van der Waals surface area (Å²) in [6.45, 7) is 3.61. The third kappa shape index (κ3) is 7.48. The first-order valence-corrected chi connectivity index (χ1v) is 4.45. The van der Waals surface area contributed by atoms with Crippen molar-refractivity contribution in [2.45, 2.75) is 25.3 Å². The van der Waals surface area contributed by atoms with E-state index in [0.29, 0.717) is 5.75 Å². The van der Waals surface area contributed by atoms with Crippen molar-refractivity contribution >= 4 is 17.7 Å². The van der Waals surface area contributed by atoms with Gasteiger partial charge in [-0.15, -0.1) is 11.8 Å². The molecule has 0 aromatic heterocycles. The summed E-state index contributed by atoms with van der Waals surface area (Å²) in [6.07, 6.45) is -0.309. The van der Waals surface area contributed by atoms with Gasteiger partial charge in [-0.25, -0.2) is 4.99 Å². The standard InChI is InChI=1S/C6H15N3OS/c1-4(10)3-11-5(2)9-6(7)8/h4-5,10H,3H2,1-2H3,(H4,7,8,9). The maximum atomic E-state index is 8.90. The zero-order chi connectivity index (χ0) is 8.85. The van der Waals surface area contributed by atoms with Gasteiger partial charge in [0, 0.05) is 5.75 Å². The molecule has 0 aliphatic rings. The fourth-order valence-corrected chi connectivity index (χ4v) is 1.28. The Morgan fingerprint density at radius 1 is 1.55 bits per heavy atom. The van der Waals surface area contributed by atoms with Gasteiger partial charge in [0.1, 0.15) is 0 Å². The number of nitrogens with zero attached hydrogens (tertiary/aromatic N) is 1. The first kappa shape index (κ1) is 10.6. The van der Waals surface area contributed by atoms with Gasteiger partial charge < -0.3 is 16.6 Å². The van der Waals surface area contributed by atoms with Gasteiger partial charge in [-0.1, -0.05) is 0 Å². The molecule has 0 fully saturated rings. The van der Waals surface area contributed by atoms with Crippen molar-refractivity contribution < 1.29 is 5.11 Å². The number of thioether (sulfide) groups is 1. The zero-order valence-electron chi connectivity index (χ0n) is 6.82. The van der Waals surface area contributed by atoms with Crippen LogP contribution >= 0.6 is 11.8 Å². The van der Waals surface area contributed by atoms with Gasteiger partial charge in [0.25, 0.3) is 0 Å². The van der Waals surface area contributed by atoms with Crippen LogP contribution in [0.5, 0.6) is 0 Å². The van der Waals surface area contributed by atoms with Crippen molar-refractivity contribution in [2.75, 3.05) is 5.75 Å². The molecule has 0 amide bonds. The summed E-state index contributed by atoms with van der Waals surface area (Å²) in [5.74, 6) is 0.744. The second-order valence-corrected chi connectivity index (χ2v) is 3.68. The van der Waals surface area contributed by atoms with Gasteiger partial charge in [0.05, 0.1) is 11.5 Å². The molecule has 2 atom stereocenters. The first-order chi connectivity index (χ1) is 5.02. The molecule has 2 unspecified atom stereocenters. The minimum atomic E-state index is -0.309. The lowest BCUT2D eigenvalue weighted by Crippen LogP contribution is -2.24. The topological polar surface area (TPSA) is 84.6 Å². The normalized spacial score (nSPS) is 15.5. The lowest BCUT2D eigenvalue weighted by molar-refractivity contribution is 0.220. The Labute approximate surface area is 71.1 Å². The summed E-state index contributed by atoms with van der Waals surface area (Å²) in [4.78, 5) is 3.87. The van der Waals surface area contributed by atoms with E-state index in [4.69, 9.17) is 16.6 Å². The highest BCUT2D eigenvalue weighted by Crippen LogP contribution is 2.11. The SMILES string of the molecule is CC(O)CSC(C)N=C(N)N. The van der Waals surface area contributed by atoms with E-state index in [0.717, 1.165) is 0 Å².